The van der Waals surface area contributed by atoms with Crippen molar-refractivity contribution in [3.05, 3.63) is 54.9 Å². The Bertz CT molecular complexity index is 623. The smallest absolute Gasteiger partial charge is 0.247 e. The molecular formula is C13H12N3+. The van der Waals surface area contributed by atoms with Gasteiger partial charge in [0.05, 0.1) is 0 Å². The molecule has 3 N–H and O–H groups in total. The van der Waals surface area contributed by atoms with Crippen molar-refractivity contribution >= 4 is 16.7 Å². The van der Waals surface area contributed by atoms with Crippen LogP contribution in [0.4, 0.5) is 5.69 Å². The van der Waals surface area contributed by atoms with Gasteiger partial charge in [-0.3, -0.25) is 0 Å². The van der Waals surface area contributed by atoms with Gasteiger partial charge >= 0.3 is 0 Å². The summed E-state index contributed by atoms with van der Waals surface area (Å²) in [5, 5.41) is 0. The molecule has 2 aromatic carbocycles. The van der Waals surface area contributed by atoms with Crippen LogP contribution in [-0.4, -0.2) is 4.98 Å². The van der Waals surface area contributed by atoms with E-state index in [-0.39, 0.29) is 0 Å². The molecule has 0 amide bonds. The number of rotatable bonds is 1. The monoisotopic (exact) mass is 210 g/mol. The quantitative estimate of drug-likeness (QED) is 0.468. The minimum absolute atomic E-state index is 0.782. The van der Waals surface area contributed by atoms with Crippen molar-refractivity contribution in [3.8, 4) is 5.69 Å². The predicted molar refractivity (Wildman–Crippen MR) is 64.2 cm³/mol. The number of benzene rings is 2. The molecule has 0 atom stereocenters. The van der Waals surface area contributed by atoms with E-state index in [2.05, 4.69) is 21.7 Å². The van der Waals surface area contributed by atoms with Gasteiger partial charge in [0.25, 0.3) is 0 Å². The van der Waals surface area contributed by atoms with Gasteiger partial charge in [0.15, 0.2) is 11.0 Å². The Hall–Kier alpha value is -2.29. The Morgan fingerprint density at radius 1 is 0.938 bits per heavy atom. The molecule has 0 bridgehead atoms. The Labute approximate surface area is 93.1 Å². The first-order valence-electron chi connectivity index (χ1n) is 5.18. The molecule has 0 unspecified atom stereocenters. The fourth-order valence-corrected chi connectivity index (χ4v) is 1.86. The van der Waals surface area contributed by atoms with Gasteiger partial charge in [0.2, 0.25) is 6.33 Å². The van der Waals surface area contributed by atoms with Crippen molar-refractivity contribution in [3.63, 3.8) is 0 Å². The maximum absolute atomic E-state index is 5.68. The molecule has 0 saturated heterocycles. The summed E-state index contributed by atoms with van der Waals surface area (Å²) in [6, 6.07) is 16.0. The standard InChI is InChI=1S/C13H11N3/c14-10-5-7-11(8-6-10)16-9-15-12-3-1-2-4-13(12)16/h1-9H,14H2/p+1. The molecule has 0 fully saturated rings. The third kappa shape index (κ3) is 1.34. The largest absolute Gasteiger partial charge is 0.399 e. The number of nitrogen functional groups attached to an aromatic ring is 1. The molecule has 16 heavy (non-hydrogen) atoms. The molecule has 3 rings (SSSR count). The molecule has 1 aromatic heterocycles. The van der Waals surface area contributed by atoms with Crippen LogP contribution in [0.1, 0.15) is 0 Å². The second-order valence-electron chi connectivity index (χ2n) is 3.75. The number of hydrogen-bond acceptors (Lipinski definition) is 1. The molecule has 3 aromatic rings. The van der Waals surface area contributed by atoms with Crippen LogP contribution >= 0.6 is 0 Å². The molecule has 0 aliphatic heterocycles. The Balaban J connectivity index is 2.22. The van der Waals surface area contributed by atoms with E-state index in [1.54, 1.807) is 0 Å². The van der Waals surface area contributed by atoms with Crippen LogP contribution in [0.15, 0.2) is 54.9 Å². The first-order chi connectivity index (χ1) is 7.84. The average molecular weight is 210 g/mol. The van der Waals surface area contributed by atoms with E-state index in [4.69, 9.17) is 5.73 Å². The lowest BCUT2D eigenvalue weighted by molar-refractivity contribution is -0.567. The number of hydrogen-bond donors (Lipinski definition) is 2. The molecule has 0 saturated carbocycles. The molecule has 0 aliphatic rings. The number of aromatic nitrogens is 2. The highest BCUT2D eigenvalue weighted by Crippen LogP contribution is 2.10. The number of nitrogens with one attached hydrogen (secondary N) is 1. The normalized spacial score (nSPS) is 10.8. The molecule has 78 valence electrons. The molecule has 0 spiro atoms. The zero-order chi connectivity index (χ0) is 11.0. The predicted octanol–water partition coefficient (Wildman–Crippen LogP) is 2.03. The highest BCUT2D eigenvalue weighted by atomic mass is 15.0. The van der Waals surface area contributed by atoms with E-state index in [0.29, 0.717) is 0 Å². The summed E-state index contributed by atoms with van der Waals surface area (Å²) in [4.78, 5) is 3.23. The number of anilines is 1. The summed E-state index contributed by atoms with van der Waals surface area (Å²) in [6.45, 7) is 0. The lowest BCUT2D eigenvalue weighted by atomic mass is 10.2. The minimum atomic E-state index is 0.782. The van der Waals surface area contributed by atoms with Crippen molar-refractivity contribution in [2.75, 3.05) is 5.73 Å². The average Bonchev–Trinajstić information content (AvgIpc) is 2.74. The molecular weight excluding hydrogens is 198 g/mol. The minimum Gasteiger partial charge on any atom is -0.399 e. The van der Waals surface area contributed by atoms with E-state index in [1.165, 1.54) is 0 Å². The zero-order valence-electron chi connectivity index (χ0n) is 8.72. The van der Waals surface area contributed by atoms with Gasteiger partial charge in [-0.15, -0.1) is 0 Å². The van der Waals surface area contributed by atoms with Crippen molar-refractivity contribution < 1.29 is 4.57 Å². The van der Waals surface area contributed by atoms with E-state index in [1.807, 2.05) is 42.7 Å². The molecule has 0 radical (unpaired) electrons. The maximum Gasteiger partial charge on any atom is 0.247 e. The molecule has 1 heterocycles. The van der Waals surface area contributed by atoms with Crippen LogP contribution in [0.2, 0.25) is 0 Å². The summed E-state index contributed by atoms with van der Waals surface area (Å²) in [7, 11) is 0. The van der Waals surface area contributed by atoms with Crippen molar-refractivity contribution in [1.82, 2.24) is 4.98 Å². The van der Waals surface area contributed by atoms with Gasteiger partial charge in [-0.05, 0) is 36.4 Å². The number of fused-ring (bicyclic) bond motifs is 1. The third-order valence-corrected chi connectivity index (χ3v) is 2.68. The number of H-pyrrole nitrogens is 1. The number of imidazole rings is 1. The fourth-order valence-electron chi connectivity index (χ4n) is 1.86. The zero-order valence-corrected chi connectivity index (χ0v) is 8.72. The second-order valence-corrected chi connectivity index (χ2v) is 3.75. The number of nitrogens with two attached hydrogens (primary N) is 1. The molecule has 3 heteroatoms. The van der Waals surface area contributed by atoms with Crippen LogP contribution in [0, 0.1) is 0 Å². The van der Waals surface area contributed by atoms with Gasteiger partial charge in [-0.25, -0.2) is 4.98 Å². The van der Waals surface area contributed by atoms with Gasteiger partial charge in [0, 0.05) is 5.69 Å². The van der Waals surface area contributed by atoms with Crippen LogP contribution in [-0.2, 0) is 0 Å². The van der Waals surface area contributed by atoms with Gasteiger partial charge in [0.1, 0.15) is 5.69 Å². The maximum atomic E-state index is 5.68. The van der Waals surface area contributed by atoms with Crippen molar-refractivity contribution in [1.29, 1.82) is 0 Å². The lowest BCUT2D eigenvalue weighted by Gasteiger charge is -1.97. The summed E-state index contributed by atoms with van der Waals surface area (Å²) < 4.78 is 2.11. The highest BCUT2D eigenvalue weighted by molar-refractivity contribution is 5.71. The number of aromatic amines is 1. The topological polar surface area (TPSA) is 45.7 Å². The summed E-state index contributed by atoms with van der Waals surface area (Å²) >= 11 is 0. The number of para-hydroxylation sites is 2. The van der Waals surface area contributed by atoms with Gasteiger partial charge in [-0.1, -0.05) is 12.1 Å². The number of nitrogens with zero attached hydrogens (tertiary/aromatic N) is 1. The Morgan fingerprint density at radius 2 is 1.69 bits per heavy atom. The SMILES string of the molecule is Nc1ccc(-[n+]2c[nH]c3ccccc32)cc1. The van der Waals surface area contributed by atoms with Crippen LogP contribution in [0.5, 0.6) is 0 Å². The molecule has 0 aliphatic carbocycles. The Morgan fingerprint density at radius 3 is 2.50 bits per heavy atom. The first kappa shape index (κ1) is 8.97. The van der Waals surface area contributed by atoms with E-state index < -0.39 is 0 Å². The van der Waals surface area contributed by atoms with Gasteiger partial charge < -0.3 is 5.73 Å². The van der Waals surface area contributed by atoms with Gasteiger partial charge in [-0.2, -0.15) is 4.57 Å². The van der Waals surface area contributed by atoms with E-state index >= 15 is 0 Å². The fraction of sp³-hybridized carbons (Fsp3) is 0. The van der Waals surface area contributed by atoms with Crippen LogP contribution < -0.4 is 10.3 Å². The highest BCUT2D eigenvalue weighted by Gasteiger charge is 2.09. The summed E-state index contributed by atoms with van der Waals surface area (Å²) in [5.74, 6) is 0. The van der Waals surface area contributed by atoms with Crippen molar-refractivity contribution in [2.45, 2.75) is 0 Å². The van der Waals surface area contributed by atoms with Crippen LogP contribution in [0.3, 0.4) is 0 Å². The Kier molecular flexibility index (Phi) is 1.90. The van der Waals surface area contributed by atoms with E-state index in [0.717, 1.165) is 22.4 Å². The van der Waals surface area contributed by atoms with Crippen molar-refractivity contribution in [2.24, 2.45) is 0 Å². The third-order valence-electron chi connectivity index (χ3n) is 2.68. The first-order valence-corrected chi connectivity index (χ1v) is 5.18. The molecule has 3 nitrogen and oxygen atoms in total. The van der Waals surface area contributed by atoms with E-state index in [9.17, 15) is 0 Å². The summed E-state index contributed by atoms with van der Waals surface area (Å²) in [6.07, 6.45) is 1.95. The van der Waals surface area contributed by atoms with Crippen LogP contribution in [0.25, 0.3) is 16.7 Å². The second kappa shape index (κ2) is 3.38. The lowest BCUT2D eigenvalue weighted by Crippen LogP contribution is -2.28. The summed E-state index contributed by atoms with van der Waals surface area (Å²) in [5.41, 5.74) is 9.84.